The molecule has 0 N–H and O–H groups in total. The van der Waals surface area contributed by atoms with Crippen LogP contribution in [0.25, 0.3) is 11.5 Å². The van der Waals surface area contributed by atoms with Crippen molar-refractivity contribution in [1.29, 1.82) is 0 Å². The summed E-state index contributed by atoms with van der Waals surface area (Å²) in [7, 11) is 1.39. The zero-order chi connectivity index (χ0) is 22.1. The molecule has 5 rings (SSSR count). The van der Waals surface area contributed by atoms with E-state index in [2.05, 4.69) is 15.2 Å². The van der Waals surface area contributed by atoms with Crippen LogP contribution >= 0.6 is 0 Å². The first-order valence-corrected chi connectivity index (χ1v) is 10.5. The Labute approximate surface area is 184 Å². The number of halogens is 1. The highest BCUT2D eigenvalue weighted by atomic mass is 19.1. The van der Waals surface area contributed by atoms with E-state index in [-0.39, 0.29) is 28.6 Å². The van der Waals surface area contributed by atoms with Gasteiger partial charge in [-0.25, -0.2) is 4.39 Å². The number of rotatable bonds is 4. The van der Waals surface area contributed by atoms with Crippen LogP contribution in [0.5, 0.6) is 5.75 Å². The third-order valence-electron chi connectivity index (χ3n) is 6.49. The fourth-order valence-corrected chi connectivity index (χ4v) is 4.72. The quantitative estimate of drug-likeness (QED) is 0.617. The van der Waals surface area contributed by atoms with E-state index in [1.54, 1.807) is 23.4 Å². The van der Waals surface area contributed by atoms with Crippen LogP contribution in [0, 0.1) is 11.2 Å². The number of likely N-dealkylation sites (tertiary alicyclic amines) is 1. The van der Waals surface area contributed by atoms with Crippen molar-refractivity contribution in [2.75, 3.05) is 33.4 Å². The van der Waals surface area contributed by atoms with Crippen LogP contribution in [0.4, 0.5) is 4.39 Å². The van der Waals surface area contributed by atoms with E-state index in [9.17, 15) is 9.18 Å². The first kappa shape index (κ1) is 20.6. The van der Waals surface area contributed by atoms with Crippen molar-refractivity contribution < 1.29 is 23.1 Å². The summed E-state index contributed by atoms with van der Waals surface area (Å²) >= 11 is 0. The molecule has 166 valence electrons. The number of amides is 1. The molecule has 9 heteroatoms. The molecule has 3 aromatic rings. The number of carbonyl (C=O) groups is 1. The molecule has 1 unspecified atom stereocenters. The first-order valence-electron chi connectivity index (χ1n) is 10.5. The van der Waals surface area contributed by atoms with Gasteiger partial charge in [0.1, 0.15) is 0 Å². The summed E-state index contributed by atoms with van der Waals surface area (Å²) in [5, 5.41) is 8.56. The maximum absolute atomic E-state index is 14.2. The molecule has 2 aliphatic heterocycles. The summed E-state index contributed by atoms with van der Waals surface area (Å²) < 4.78 is 30.8. The zero-order valence-electron chi connectivity index (χ0n) is 17.7. The maximum atomic E-state index is 14.2. The van der Waals surface area contributed by atoms with Gasteiger partial charge in [-0.2, -0.15) is 0 Å². The average Bonchev–Trinajstić information content (AvgIpc) is 3.45. The molecule has 0 radical (unpaired) electrons. The second-order valence-electron chi connectivity index (χ2n) is 8.24. The lowest BCUT2D eigenvalue weighted by Gasteiger charge is -2.36. The summed E-state index contributed by atoms with van der Waals surface area (Å²) in [6.45, 7) is 2.17. The lowest BCUT2D eigenvalue weighted by atomic mass is 9.72. The molecule has 2 aliphatic rings. The average molecular weight is 438 g/mol. The number of methoxy groups -OCH3 is 1. The Kier molecular flexibility index (Phi) is 5.34. The van der Waals surface area contributed by atoms with Crippen molar-refractivity contribution in [3.63, 3.8) is 0 Å². The van der Waals surface area contributed by atoms with Crippen LogP contribution in [-0.2, 0) is 4.74 Å². The minimum Gasteiger partial charge on any atom is -0.494 e. The summed E-state index contributed by atoms with van der Waals surface area (Å²) in [5.74, 6) is 0.127. The van der Waals surface area contributed by atoms with Crippen molar-refractivity contribution in [2.45, 2.75) is 18.8 Å². The molecular weight excluding hydrogens is 415 g/mol. The van der Waals surface area contributed by atoms with Gasteiger partial charge in [-0.3, -0.25) is 9.78 Å². The maximum Gasteiger partial charge on any atom is 0.254 e. The van der Waals surface area contributed by atoms with Crippen molar-refractivity contribution >= 4 is 5.91 Å². The largest absolute Gasteiger partial charge is 0.494 e. The Bertz CT molecular complexity index is 1110. The number of pyridine rings is 1. The number of nitrogens with zero attached hydrogens (tertiary/aromatic N) is 4. The van der Waals surface area contributed by atoms with Crippen molar-refractivity contribution in [3.8, 4) is 17.2 Å². The van der Waals surface area contributed by atoms with E-state index in [1.165, 1.54) is 19.2 Å². The van der Waals surface area contributed by atoms with Gasteiger partial charge in [0.2, 0.25) is 11.8 Å². The van der Waals surface area contributed by atoms with Gasteiger partial charge in [-0.15, -0.1) is 10.2 Å². The molecule has 0 aliphatic carbocycles. The predicted molar refractivity (Wildman–Crippen MR) is 112 cm³/mol. The highest BCUT2D eigenvalue weighted by Gasteiger charge is 2.51. The van der Waals surface area contributed by atoms with Gasteiger partial charge in [0.25, 0.3) is 5.91 Å². The van der Waals surface area contributed by atoms with Gasteiger partial charge in [-0.05, 0) is 43.2 Å². The molecular formula is C23H23FN4O4. The Hall–Kier alpha value is -3.33. The summed E-state index contributed by atoms with van der Waals surface area (Å²) in [5.41, 5.74) is 0.856. The molecule has 4 heterocycles. The standard InChI is InChI=1S/C23H23FN4O4/c1-30-19-3-2-16(12-18(19)24)22(29)28-13-17(23(14-28)6-10-31-11-7-23)21-27-26-20(32-21)15-4-8-25-9-5-15/h2-5,8-9,12,17H,6-7,10-11,13-14H2,1H3. The summed E-state index contributed by atoms with van der Waals surface area (Å²) in [6.07, 6.45) is 4.91. The van der Waals surface area contributed by atoms with Gasteiger partial charge in [-0.1, -0.05) is 0 Å². The third kappa shape index (κ3) is 3.62. The van der Waals surface area contributed by atoms with E-state index in [4.69, 9.17) is 13.9 Å². The number of carbonyl (C=O) groups excluding carboxylic acids is 1. The topological polar surface area (TPSA) is 90.6 Å². The van der Waals surface area contributed by atoms with E-state index < -0.39 is 5.82 Å². The second-order valence-corrected chi connectivity index (χ2v) is 8.24. The van der Waals surface area contributed by atoms with Gasteiger partial charge in [0, 0.05) is 55.2 Å². The van der Waals surface area contributed by atoms with Gasteiger partial charge in [0.05, 0.1) is 13.0 Å². The number of hydrogen-bond donors (Lipinski definition) is 0. The van der Waals surface area contributed by atoms with Crippen molar-refractivity contribution in [2.24, 2.45) is 5.41 Å². The van der Waals surface area contributed by atoms with Crippen LogP contribution in [0.2, 0.25) is 0 Å². The molecule has 8 nitrogen and oxygen atoms in total. The summed E-state index contributed by atoms with van der Waals surface area (Å²) in [4.78, 5) is 19.0. The fraction of sp³-hybridized carbons (Fsp3) is 0.391. The molecule has 0 bridgehead atoms. The lowest BCUT2D eigenvalue weighted by molar-refractivity contribution is 0.00908. The highest BCUT2D eigenvalue weighted by molar-refractivity contribution is 5.94. The van der Waals surface area contributed by atoms with Crippen LogP contribution in [-0.4, -0.2) is 59.4 Å². The number of benzene rings is 1. The van der Waals surface area contributed by atoms with E-state index in [0.29, 0.717) is 38.1 Å². The molecule has 1 aromatic carbocycles. The van der Waals surface area contributed by atoms with E-state index in [1.807, 2.05) is 12.1 Å². The fourth-order valence-electron chi connectivity index (χ4n) is 4.72. The third-order valence-corrected chi connectivity index (χ3v) is 6.49. The molecule has 2 fully saturated rings. The van der Waals surface area contributed by atoms with Gasteiger partial charge < -0.3 is 18.8 Å². The van der Waals surface area contributed by atoms with E-state index >= 15 is 0 Å². The Morgan fingerprint density at radius 1 is 1.19 bits per heavy atom. The number of hydrogen-bond acceptors (Lipinski definition) is 7. The lowest BCUT2D eigenvalue weighted by Crippen LogP contribution is -2.37. The monoisotopic (exact) mass is 438 g/mol. The Morgan fingerprint density at radius 2 is 1.97 bits per heavy atom. The molecule has 1 spiro atoms. The van der Waals surface area contributed by atoms with Crippen LogP contribution in [0.1, 0.15) is 35.0 Å². The minimum absolute atomic E-state index is 0.108. The molecule has 1 atom stereocenters. The number of aromatic nitrogens is 3. The Balaban J connectivity index is 1.44. The predicted octanol–water partition coefficient (Wildman–Crippen LogP) is 3.32. The van der Waals surface area contributed by atoms with Crippen LogP contribution < -0.4 is 4.74 Å². The molecule has 2 saturated heterocycles. The van der Waals surface area contributed by atoms with Gasteiger partial charge in [0.15, 0.2) is 11.6 Å². The van der Waals surface area contributed by atoms with Crippen molar-refractivity contribution in [1.82, 2.24) is 20.1 Å². The SMILES string of the molecule is COc1ccc(C(=O)N2CC(c3nnc(-c4ccncc4)o3)C3(CCOCC3)C2)cc1F. The Morgan fingerprint density at radius 3 is 2.69 bits per heavy atom. The van der Waals surface area contributed by atoms with Crippen LogP contribution in [0.15, 0.2) is 47.1 Å². The first-order chi connectivity index (χ1) is 15.6. The van der Waals surface area contributed by atoms with Crippen LogP contribution in [0.3, 0.4) is 0 Å². The number of ether oxygens (including phenoxy) is 2. The minimum atomic E-state index is -0.561. The molecule has 0 saturated carbocycles. The smallest absolute Gasteiger partial charge is 0.254 e. The normalized spacial score (nSPS) is 19.9. The van der Waals surface area contributed by atoms with Gasteiger partial charge >= 0.3 is 0 Å². The zero-order valence-corrected chi connectivity index (χ0v) is 17.7. The molecule has 1 amide bonds. The van der Waals surface area contributed by atoms with E-state index in [0.717, 1.165) is 18.4 Å². The molecule has 32 heavy (non-hydrogen) atoms. The van der Waals surface area contributed by atoms with Crippen molar-refractivity contribution in [3.05, 3.63) is 60.0 Å². The highest BCUT2D eigenvalue weighted by Crippen LogP contribution is 2.49. The molecule has 2 aromatic heterocycles. The summed E-state index contributed by atoms with van der Waals surface area (Å²) in [6, 6.07) is 7.90. The second kappa shape index (κ2) is 8.31.